The van der Waals surface area contributed by atoms with Gasteiger partial charge in [0.2, 0.25) is 5.91 Å². The third-order valence-corrected chi connectivity index (χ3v) is 4.55. The van der Waals surface area contributed by atoms with Crippen LogP contribution < -0.4 is 10.9 Å². The minimum Gasteiger partial charge on any atom is -0.331 e. The summed E-state index contributed by atoms with van der Waals surface area (Å²) in [5.74, 6) is -0.0860. The van der Waals surface area contributed by atoms with Crippen molar-refractivity contribution in [2.24, 2.45) is 7.05 Å². The van der Waals surface area contributed by atoms with Gasteiger partial charge in [-0.1, -0.05) is 12.1 Å². The summed E-state index contributed by atoms with van der Waals surface area (Å²) in [6.07, 6.45) is 3.92. The Morgan fingerprint density at radius 1 is 0.929 bits per heavy atom. The highest BCUT2D eigenvalue weighted by Crippen LogP contribution is 2.14. The van der Waals surface area contributed by atoms with Crippen LogP contribution in [-0.4, -0.2) is 25.9 Å². The molecule has 0 saturated carbocycles. The van der Waals surface area contributed by atoms with E-state index in [0.717, 1.165) is 16.7 Å². The molecular weight excluding hydrogens is 354 g/mol. The number of nitrogens with zero attached hydrogens (tertiary/aromatic N) is 3. The number of carbonyl (C=O) groups is 2. The molecule has 140 valence electrons. The molecule has 2 aromatic carbocycles. The largest absolute Gasteiger partial charge is 0.331 e. The number of imidazole rings is 1. The van der Waals surface area contributed by atoms with Crippen LogP contribution in [0.2, 0.25) is 0 Å². The van der Waals surface area contributed by atoms with Crippen molar-refractivity contribution in [3.05, 3.63) is 84.4 Å². The lowest BCUT2D eigenvalue weighted by Gasteiger charge is -2.08. The molecule has 28 heavy (non-hydrogen) atoms. The van der Waals surface area contributed by atoms with Crippen LogP contribution in [0.5, 0.6) is 0 Å². The quantitative estimate of drug-likeness (QED) is 0.539. The molecule has 4 rings (SSSR count). The maximum absolute atomic E-state index is 12.3. The van der Waals surface area contributed by atoms with E-state index in [1.165, 1.54) is 0 Å². The second-order valence-corrected chi connectivity index (χ2v) is 6.39. The third kappa shape index (κ3) is 3.50. The van der Waals surface area contributed by atoms with Gasteiger partial charge in [-0.3, -0.25) is 20.4 Å². The van der Waals surface area contributed by atoms with Gasteiger partial charge >= 0.3 is 0 Å². The van der Waals surface area contributed by atoms with Crippen LogP contribution >= 0.6 is 0 Å². The topological polar surface area (TPSA) is 81.0 Å². The molecule has 0 spiro atoms. The minimum absolute atomic E-state index is 0.0675. The van der Waals surface area contributed by atoms with Crippen molar-refractivity contribution in [3.63, 3.8) is 0 Å². The molecule has 7 nitrogen and oxygen atoms in total. The molecule has 2 heterocycles. The fraction of sp³-hybridized carbons (Fsp3) is 0.0952. The number of hydrogen-bond acceptors (Lipinski definition) is 3. The zero-order valence-corrected chi connectivity index (χ0v) is 15.3. The minimum atomic E-state index is -0.377. The number of carbonyl (C=O) groups excluding carboxylic acids is 2. The van der Waals surface area contributed by atoms with E-state index in [-0.39, 0.29) is 18.2 Å². The van der Waals surface area contributed by atoms with E-state index in [2.05, 4.69) is 15.8 Å². The van der Waals surface area contributed by atoms with E-state index in [4.69, 9.17) is 0 Å². The predicted molar refractivity (Wildman–Crippen MR) is 106 cm³/mol. The van der Waals surface area contributed by atoms with Crippen molar-refractivity contribution in [1.82, 2.24) is 25.0 Å². The lowest BCUT2D eigenvalue weighted by Crippen LogP contribution is -2.42. The van der Waals surface area contributed by atoms with Crippen LogP contribution in [0, 0.1) is 0 Å². The number of benzene rings is 2. The molecule has 2 aromatic heterocycles. The highest BCUT2D eigenvalue weighted by Gasteiger charge is 2.13. The van der Waals surface area contributed by atoms with Crippen LogP contribution in [-0.2, 0) is 18.3 Å². The molecule has 0 bridgehead atoms. The molecule has 0 aliphatic carbocycles. The maximum Gasteiger partial charge on any atom is 0.269 e. The number of fused-ring (bicyclic) bond motifs is 1. The average molecular weight is 373 g/mol. The Morgan fingerprint density at radius 3 is 2.36 bits per heavy atom. The van der Waals surface area contributed by atoms with E-state index in [1.807, 2.05) is 77.1 Å². The number of para-hydroxylation sites is 2. The molecule has 0 aliphatic rings. The van der Waals surface area contributed by atoms with Crippen molar-refractivity contribution >= 4 is 22.8 Å². The summed E-state index contributed by atoms with van der Waals surface area (Å²) in [6, 6.07) is 18.6. The van der Waals surface area contributed by atoms with Gasteiger partial charge < -0.3 is 9.13 Å². The van der Waals surface area contributed by atoms with Crippen molar-refractivity contribution in [3.8, 4) is 5.69 Å². The number of amides is 2. The van der Waals surface area contributed by atoms with Crippen LogP contribution in [0.1, 0.15) is 16.2 Å². The Balaban J connectivity index is 1.36. The number of hydrogen-bond donors (Lipinski definition) is 2. The Morgan fingerprint density at radius 2 is 1.64 bits per heavy atom. The van der Waals surface area contributed by atoms with Crippen LogP contribution in [0.3, 0.4) is 0 Å². The summed E-state index contributed by atoms with van der Waals surface area (Å²) < 4.78 is 3.82. The van der Waals surface area contributed by atoms with Gasteiger partial charge in [0.15, 0.2) is 0 Å². The Kier molecular flexibility index (Phi) is 4.63. The first-order valence-electron chi connectivity index (χ1n) is 8.85. The average Bonchev–Trinajstić information content (AvgIpc) is 3.36. The maximum atomic E-state index is 12.3. The summed E-state index contributed by atoms with van der Waals surface area (Å²) in [5, 5.41) is 0. The number of rotatable bonds is 4. The lowest BCUT2D eigenvalue weighted by atomic mass is 10.2. The van der Waals surface area contributed by atoms with E-state index >= 15 is 0 Å². The third-order valence-electron chi connectivity index (χ3n) is 4.55. The molecule has 0 saturated heterocycles. The summed E-state index contributed by atoms with van der Waals surface area (Å²) in [4.78, 5) is 28.9. The monoisotopic (exact) mass is 373 g/mol. The molecule has 4 aromatic rings. The number of aryl methyl sites for hydroxylation is 1. The first-order valence-corrected chi connectivity index (χ1v) is 8.85. The number of hydrazine groups is 1. The van der Waals surface area contributed by atoms with Crippen LogP contribution in [0.4, 0.5) is 0 Å². The molecule has 0 atom stereocenters. The van der Waals surface area contributed by atoms with E-state index in [0.29, 0.717) is 11.4 Å². The second-order valence-electron chi connectivity index (χ2n) is 6.39. The summed E-state index contributed by atoms with van der Waals surface area (Å²) >= 11 is 0. The zero-order chi connectivity index (χ0) is 19.5. The van der Waals surface area contributed by atoms with Gasteiger partial charge in [-0.2, -0.15) is 0 Å². The fourth-order valence-corrected chi connectivity index (χ4v) is 3.03. The second kappa shape index (κ2) is 7.40. The molecular formula is C21H19N5O2. The summed E-state index contributed by atoms with van der Waals surface area (Å²) in [7, 11) is 1.86. The molecule has 2 N–H and O–H groups in total. The predicted octanol–water partition coefficient (Wildman–Crippen LogP) is 2.37. The number of aromatic nitrogens is 3. The normalized spacial score (nSPS) is 10.8. The SMILES string of the molecule is Cn1c(CC(=O)NNC(=O)c2ccc(-n3cccc3)cc2)nc2ccccc21. The van der Waals surface area contributed by atoms with Crippen molar-refractivity contribution in [2.45, 2.75) is 6.42 Å². The smallest absolute Gasteiger partial charge is 0.269 e. The van der Waals surface area contributed by atoms with Gasteiger partial charge in [0.1, 0.15) is 5.82 Å². The van der Waals surface area contributed by atoms with Gasteiger partial charge in [-0.05, 0) is 48.5 Å². The van der Waals surface area contributed by atoms with Gasteiger partial charge in [0.25, 0.3) is 5.91 Å². The van der Waals surface area contributed by atoms with Crippen molar-refractivity contribution in [1.29, 1.82) is 0 Å². The molecule has 0 radical (unpaired) electrons. The molecule has 7 heteroatoms. The highest BCUT2D eigenvalue weighted by atomic mass is 16.2. The molecule has 0 aliphatic heterocycles. The van der Waals surface area contributed by atoms with Crippen LogP contribution in [0.15, 0.2) is 73.1 Å². The lowest BCUT2D eigenvalue weighted by molar-refractivity contribution is -0.121. The molecule has 2 amide bonds. The fourth-order valence-electron chi connectivity index (χ4n) is 3.03. The first kappa shape index (κ1) is 17.5. The van der Waals surface area contributed by atoms with E-state index < -0.39 is 0 Å². The van der Waals surface area contributed by atoms with Crippen LogP contribution in [0.25, 0.3) is 16.7 Å². The summed E-state index contributed by atoms with van der Waals surface area (Å²) in [5.41, 5.74) is 8.09. The van der Waals surface area contributed by atoms with Crippen molar-refractivity contribution in [2.75, 3.05) is 0 Å². The number of nitrogens with one attached hydrogen (secondary N) is 2. The van der Waals surface area contributed by atoms with Gasteiger partial charge in [-0.25, -0.2) is 4.98 Å². The Labute approximate surface area is 161 Å². The van der Waals surface area contributed by atoms with E-state index in [9.17, 15) is 9.59 Å². The van der Waals surface area contributed by atoms with Gasteiger partial charge in [-0.15, -0.1) is 0 Å². The standard InChI is InChI=1S/C21H19N5O2/c1-25-18-7-3-2-6-17(18)22-19(25)14-20(27)23-24-21(28)15-8-10-16(11-9-15)26-12-4-5-13-26/h2-13H,14H2,1H3,(H,23,27)(H,24,28). The zero-order valence-electron chi connectivity index (χ0n) is 15.3. The van der Waals surface area contributed by atoms with Gasteiger partial charge in [0.05, 0.1) is 17.5 Å². The van der Waals surface area contributed by atoms with E-state index in [1.54, 1.807) is 12.1 Å². The Hall–Kier alpha value is -3.87. The molecule has 0 fully saturated rings. The molecule has 0 unspecified atom stereocenters. The highest BCUT2D eigenvalue weighted by molar-refractivity contribution is 5.95. The summed E-state index contributed by atoms with van der Waals surface area (Å²) in [6.45, 7) is 0. The first-order chi connectivity index (χ1) is 13.6. The van der Waals surface area contributed by atoms with Crippen molar-refractivity contribution < 1.29 is 9.59 Å². The van der Waals surface area contributed by atoms with Gasteiger partial charge in [0, 0.05) is 30.7 Å². The Bertz CT molecular complexity index is 1130.